The van der Waals surface area contributed by atoms with E-state index in [1.807, 2.05) is 6.07 Å². The number of rotatable bonds is 6. The van der Waals surface area contributed by atoms with Crippen LogP contribution >= 0.6 is 0 Å². The van der Waals surface area contributed by atoms with Crippen LogP contribution in [0.3, 0.4) is 0 Å². The van der Waals surface area contributed by atoms with E-state index in [-0.39, 0.29) is 6.04 Å². The SMILES string of the molecule is Oc1ccc2c(c1)CCN(c1ccccc1)C2c1ccc(OCCN2CCCCC2)cc1. The van der Waals surface area contributed by atoms with E-state index in [1.54, 1.807) is 6.07 Å². The topological polar surface area (TPSA) is 35.9 Å². The van der Waals surface area contributed by atoms with Crippen molar-refractivity contribution in [1.29, 1.82) is 0 Å². The van der Waals surface area contributed by atoms with Crippen molar-refractivity contribution in [1.82, 2.24) is 4.90 Å². The van der Waals surface area contributed by atoms with Crippen LogP contribution < -0.4 is 9.64 Å². The first-order valence-corrected chi connectivity index (χ1v) is 11.9. The Morgan fingerprint density at radius 1 is 0.844 bits per heavy atom. The summed E-state index contributed by atoms with van der Waals surface area (Å²) in [6, 6.07) is 25.1. The van der Waals surface area contributed by atoms with E-state index in [9.17, 15) is 5.11 Å². The lowest BCUT2D eigenvalue weighted by Crippen LogP contribution is -2.36. The van der Waals surface area contributed by atoms with Gasteiger partial charge in [-0.05, 0) is 85.4 Å². The lowest BCUT2D eigenvalue weighted by molar-refractivity contribution is 0.183. The van der Waals surface area contributed by atoms with Crippen LogP contribution in [0.25, 0.3) is 0 Å². The van der Waals surface area contributed by atoms with Gasteiger partial charge in [-0.3, -0.25) is 4.90 Å². The zero-order chi connectivity index (χ0) is 21.8. The number of phenols is 1. The molecule has 0 aromatic heterocycles. The number of hydrogen-bond donors (Lipinski definition) is 1. The second kappa shape index (κ2) is 9.66. The summed E-state index contributed by atoms with van der Waals surface area (Å²) in [4.78, 5) is 4.97. The molecule has 4 nitrogen and oxygen atoms in total. The molecule has 1 saturated heterocycles. The summed E-state index contributed by atoms with van der Waals surface area (Å²) in [6.45, 7) is 5.06. The molecule has 1 unspecified atom stereocenters. The normalized spacial score (nSPS) is 18.9. The molecular weight excluding hydrogens is 396 g/mol. The van der Waals surface area contributed by atoms with Crippen molar-refractivity contribution in [2.24, 2.45) is 0 Å². The third kappa shape index (κ3) is 4.61. The molecule has 0 bridgehead atoms. The Labute approximate surface area is 191 Å². The van der Waals surface area contributed by atoms with Crippen LogP contribution in [0.2, 0.25) is 0 Å². The Bertz CT molecular complexity index is 1010. The van der Waals surface area contributed by atoms with Crippen LogP contribution in [0.4, 0.5) is 5.69 Å². The van der Waals surface area contributed by atoms with Gasteiger partial charge in [0.1, 0.15) is 18.1 Å². The number of phenolic OH excluding ortho intramolecular Hbond substituents is 1. The molecule has 0 spiro atoms. The van der Waals surface area contributed by atoms with Gasteiger partial charge >= 0.3 is 0 Å². The number of anilines is 1. The van der Waals surface area contributed by atoms with Gasteiger partial charge in [0, 0.05) is 18.8 Å². The van der Waals surface area contributed by atoms with E-state index in [2.05, 4.69) is 70.5 Å². The highest BCUT2D eigenvalue weighted by atomic mass is 16.5. The first-order valence-electron chi connectivity index (χ1n) is 11.9. The lowest BCUT2D eigenvalue weighted by Gasteiger charge is -2.39. The van der Waals surface area contributed by atoms with Gasteiger partial charge in [0.2, 0.25) is 0 Å². The second-order valence-corrected chi connectivity index (χ2v) is 8.88. The molecule has 2 heterocycles. The quantitative estimate of drug-likeness (QED) is 0.570. The number of hydrogen-bond acceptors (Lipinski definition) is 4. The van der Waals surface area contributed by atoms with Crippen molar-refractivity contribution < 1.29 is 9.84 Å². The summed E-state index contributed by atoms with van der Waals surface area (Å²) in [5.41, 5.74) is 4.95. The number of likely N-dealkylation sites (tertiary alicyclic amines) is 1. The van der Waals surface area contributed by atoms with Crippen molar-refractivity contribution in [2.75, 3.05) is 37.7 Å². The van der Waals surface area contributed by atoms with E-state index in [0.717, 1.165) is 31.9 Å². The Balaban J connectivity index is 1.35. The first kappa shape index (κ1) is 20.9. The van der Waals surface area contributed by atoms with Crippen molar-refractivity contribution in [3.8, 4) is 11.5 Å². The Morgan fingerprint density at radius 3 is 2.41 bits per heavy atom. The number of nitrogens with zero attached hydrogens (tertiary/aromatic N) is 2. The van der Waals surface area contributed by atoms with Gasteiger partial charge in [0.25, 0.3) is 0 Å². The number of fused-ring (bicyclic) bond motifs is 1. The number of aromatic hydroxyl groups is 1. The fourth-order valence-electron chi connectivity index (χ4n) is 5.09. The zero-order valence-corrected chi connectivity index (χ0v) is 18.6. The maximum Gasteiger partial charge on any atom is 0.119 e. The van der Waals surface area contributed by atoms with Gasteiger partial charge in [-0.2, -0.15) is 0 Å². The molecule has 0 amide bonds. The minimum Gasteiger partial charge on any atom is -0.508 e. The standard InChI is InChI=1S/C28H32N2O2/c31-25-11-14-27-23(21-25)15-18-30(24-7-3-1-4-8-24)28(27)22-9-12-26(13-10-22)32-20-19-29-16-5-2-6-17-29/h1,3-4,7-14,21,28,31H,2,5-6,15-20H2. The Hall–Kier alpha value is -2.98. The van der Waals surface area contributed by atoms with Gasteiger partial charge < -0.3 is 14.7 Å². The van der Waals surface area contributed by atoms with Gasteiger partial charge in [-0.15, -0.1) is 0 Å². The zero-order valence-electron chi connectivity index (χ0n) is 18.6. The number of ether oxygens (including phenoxy) is 1. The van der Waals surface area contributed by atoms with E-state index in [4.69, 9.17) is 4.74 Å². The molecule has 32 heavy (non-hydrogen) atoms. The fourth-order valence-corrected chi connectivity index (χ4v) is 5.09. The summed E-state index contributed by atoms with van der Waals surface area (Å²) < 4.78 is 6.06. The molecular formula is C28H32N2O2. The predicted octanol–water partition coefficient (Wildman–Crippen LogP) is 5.41. The summed E-state index contributed by atoms with van der Waals surface area (Å²) in [7, 11) is 0. The molecule has 5 rings (SSSR count). The second-order valence-electron chi connectivity index (χ2n) is 8.88. The Kier molecular flexibility index (Phi) is 6.31. The molecule has 3 aromatic carbocycles. The third-order valence-corrected chi connectivity index (χ3v) is 6.76. The van der Waals surface area contributed by atoms with Crippen molar-refractivity contribution in [3.05, 3.63) is 89.5 Å². The van der Waals surface area contributed by atoms with Gasteiger partial charge in [-0.25, -0.2) is 0 Å². The van der Waals surface area contributed by atoms with Crippen molar-refractivity contribution >= 4 is 5.69 Å². The van der Waals surface area contributed by atoms with Crippen LogP contribution in [-0.2, 0) is 6.42 Å². The highest BCUT2D eigenvalue weighted by Crippen LogP contribution is 2.39. The number of benzene rings is 3. The Morgan fingerprint density at radius 2 is 1.62 bits per heavy atom. The lowest BCUT2D eigenvalue weighted by atomic mass is 9.87. The summed E-state index contributed by atoms with van der Waals surface area (Å²) in [5, 5.41) is 10.0. The van der Waals surface area contributed by atoms with Crippen LogP contribution in [0, 0.1) is 0 Å². The summed E-state index contributed by atoms with van der Waals surface area (Å²) in [5.74, 6) is 1.27. The van der Waals surface area contributed by atoms with Gasteiger partial charge in [0.15, 0.2) is 0 Å². The molecule has 0 radical (unpaired) electrons. The van der Waals surface area contributed by atoms with E-state index < -0.39 is 0 Å². The molecule has 1 fully saturated rings. The van der Waals surface area contributed by atoms with E-state index in [0.29, 0.717) is 5.75 Å². The fraction of sp³-hybridized carbons (Fsp3) is 0.357. The van der Waals surface area contributed by atoms with E-state index >= 15 is 0 Å². The molecule has 166 valence electrons. The average molecular weight is 429 g/mol. The number of piperidine rings is 1. The maximum absolute atomic E-state index is 10.0. The van der Waals surface area contributed by atoms with Crippen molar-refractivity contribution in [2.45, 2.75) is 31.7 Å². The van der Waals surface area contributed by atoms with Crippen LogP contribution in [0.5, 0.6) is 11.5 Å². The van der Waals surface area contributed by atoms with Gasteiger partial charge in [0.05, 0.1) is 6.04 Å². The molecule has 1 N–H and O–H groups in total. The summed E-state index contributed by atoms with van der Waals surface area (Å²) >= 11 is 0. The molecule has 1 atom stereocenters. The minimum absolute atomic E-state index is 0.115. The molecule has 2 aliphatic heterocycles. The smallest absolute Gasteiger partial charge is 0.119 e. The molecule has 2 aliphatic rings. The van der Waals surface area contributed by atoms with E-state index in [1.165, 1.54) is 54.7 Å². The highest BCUT2D eigenvalue weighted by molar-refractivity contribution is 5.57. The van der Waals surface area contributed by atoms with Gasteiger partial charge in [-0.1, -0.05) is 42.8 Å². The minimum atomic E-state index is 0.115. The third-order valence-electron chi connectivity index (χ3n) is 6.76. The maximum atomic E-state index is 10.0. The molecule has 4 heteroatoms. The number of para-hydroxylation sites is 1. The van der Waals surface area contributed by atoms with Crippen LogP contribution in [-0.4, -0.2) is 42.8 Å². The first-order chi connectivity index (χ1) is 15.8. The predicted molar refractivity (Wildman–Crippen MR) is 130 cm³/mol. The average Bonchev–Trinajstić information content (AvgIpc) is 2.85. The summed E-state index contributed by atoms with van der Waals surface area (Å²) in [6.07, 6.45) is 4.91. The van der Waals surface area contributed by atoms with Crippen LogP contribution in [0.15, 0.2) is 72.8 Å². The van der Waals surface area contributed by atoms with Crippen LogP contribution in [0.1, 0.15) is 42.0 Å². The molecule has 0 saturated carbocycles. The molecule has 3 aromatic rings. The largest absolute Gasteiger partial charge is 0.508 e. The highest BCUT2D eigenvalue weighted by Gasteiger charge is 2.29. The molecule has 0 aliphatic carbocycles. The van der Waals surface area contributed by atoms with Crippen molar-refractivity contribution in [3.63, 3.8) is 0 Å². The monoisotopic (exact) mass is 428 g/mol.